The van der Waals surface area contributed by atoms with Crippen molar-refractivity contribution < 1.29 is 19.1 Å². The van der Waals surface area contributed by atoms with Gasteiger partial charge in [-0.25, -0.2) is 4.79 Å². The van der Waals surface area contributed by atoms with Gasteiger partial charge in [0.1, 0.15) is 17.4 Å². The van der Waals surface area contributed by atoms with Crippen LogP contribution in [0.15, 0.2) is 35.5 Å². The molecule has 6 nitrogen and oxygen atoms in total. The van der Waals surface area contributed by atoms with E-state index in [4.69, 9.17) is 20.5 Å². The summed E-state index contributed by atoms with van der Waals surface area (Å²) in [7, 11) is 0. The van der Waals surface area contributed by atoms with E-state index in [0.717, 1.165) is 19.3 Å². The molecule has 0 radical (unpaired) electrons. The number of Topliss-reactive ketones (excluding diaryl/α,β-unsaturated/α-hetero) is 1. The minimum Gasteiger partial charge on any atom is -0.494 e. The second-order valence-corrected chi connectivity index (χ2v) is 5.25. The number of unbranched alkanes of at least 4 members (excludes halogenated alkanes) is 2. The van der Waals surface area contributed by atoms with Crippen LogP contribution in [-0.2, 0) is 9.53 Å². The number of hydrogen-bond donors (Lipinski definition) is 1. The van der Waals surface area contributed by atoms with Crippen molar-refractivity contribution in [2.45, 2.75) is 33.1 Å². The van der Waals surface area contributed by atoms with Gasteiger partial charge in [0.15, 0.2) is 6.61 Å². The highest BCUT2D eigenvalue weighted by Gasteiger charge is 2.15. The molecule has 0 aromatic heterocycles. The number of benzene rings is 1. The van der Waals surface area contributed by atoms with Gasteiger partial charge in [0.2, 0.25) is 5.78 Å². The molecule has 0 fully saturated rings. The van der Waals surface area contributed by atoms with E-state index in [-0.39, 0.29) is 11.3 Å². The number of nitrogens with two attached hydrogens (primary N) is 1. The molecule has 1 rings (SSSR count). The molecule has 0 unspecified atom stereocenters. The van der Waals surface area contributed by atoms with Crippen molar-refractivity contribution in [2.24, 2.45) is 5.73 Å². The van der Waals surface area contributed by atoms with Gasteiger partial charge in [-0.05, 0) is 37.6 Å². The van der Waals surface area contributed by atoms with Gasteiger partial charge in [-0.15, -0.1) is 0 Å². The SMILES string of the molecule is CCCCCOc1ccc(C(=O)OCC(=O)/C(C#N)=C(\C)N)cc1. The number of nitriles is 1. The maximum atomic E-state index is 11.9. The van der Waals surface area contributed by atoms with Crippen LogP contribution < -0.4 is 10.5 Å². The van der Waals surface area contributed by atoms with Crippen LogP contribution in [0, 0.1) is 11.3 Å². The lowest BCUT2D eigenvalue weighted by Crippen LogP contribution is -2.17. The highest BCUT2D eigenvalue weighted by Crippen LogP contribution is 2.14. The second kappa shape index (κ2) is 10.1. The Hall–Kier alpha value is -2.81. The highest BCUT2D eigenvalue weighted by molar-refractivity contribution is 6.02. The normalized spacial score (nSPS) is 11.2. The standard InChI is InChI=1S/C18H22N2O4/c1-3-4-5-10-23-15-8-6-14(7-9-15)18(22)24-12-17(21)16(11-19)13(2)20/h6-9H,3-5,10,12,20H2,1-2H3/b16-13+. The third-order valence-electron chi connectivity index (χ3n) is 3.23. The number of carbonyl (C=O) groups excluding carboxylic acids is 2. The predicted molar refractivity (Wildman–Crippen MR) is 89.3 cm³/mol. The first-order valence-electron chi connectivity index (χ1n) is 7.79. The topological polar surface area (TPSA) is 102 Å². The molecule has 0 atom stereocenters. The summed E-state index contributed by atoms with van der Waals surface area (Å²) in [5, 5.41) is 8.82. The van der Waals surface area contributed by atoms with E-state index >= 15 is 0 Å². The van der Waals surface area contributed by atoms with Crippen LogP contribution in [0.25, 0.3) is 0 Å². The van der Waals surface area contributed by atoms with Crippen LogP contribution in [0.1, 0.15) is 43.5 Å². The first kappa shape index (κ1) is 19.2. The van der Waals surface area contributed by atoms with Crippen molar-refractivity contribution in [3.8, 4) is 11.8 Å². The lowest BCUT2D eigenvalue weighted by Gasteiger charge is -2.07. The summed E-state index contributed by atoms with van der Waals surface area (Å²) in [5.74, 6) is -0.596. The molecule has 0 saturated heterocycles. The Balaban J connectivity index is 2.53. The third kappa shape index (κ3) is 6.13. The van der Waals surface area contributed by atoms with E-state index in [1.807, 2.05) is 0 Å². The minimum absolute atomic E-state index is 0.100. The monoisotopic (exact) mass is 330 g/mol. The first-order chi connectivity index (χ1) is 11.5. The summed E-state index contributed by atoms with van der Waals surface area (Å²) in [6.07, 6.45) is 3.22. The van der Waals surface area contributed by atoms with Gasteiger partial charge in [0, 0.05) is 5.70 Å². The van der Waals surface area contributed by atoms with Gasteiger partial charge in [-0.1, -0.05) is 19.8 Å². The summed E-state index contributed by atoms with van der Waals surface area (Å²) < 4.78 is 10.5. The molecule has 1 aromatic carbocycles. The van der Waals surface area contributed by atoms with Gasteiger partial charge in [-0.3, -0.25) is 4.79 Å². The van der Waals surface area contributed by atoms with E-state index in [0.29, 0.717) is 17.9 Å². The Bertz CT molecular complexity index is 638. The Morgan fingerprint density at radius 3 is 2.42 bits per heavy atom. The molecule has 0 aliphatic heterocycles. The van der Waals surface area contributed by atoms with E-state index in [9.17, 15) is 9.59 Å². The third-order valence-corrected chi connectivity index (χ3v) is 3.23. The van der Waals surface area contributed by atoms with Crippen LogP contribution in [0.5, 0.6) is 5.75 Å². The molecule has 6 heteroatoms. The summed E-state index contributed by atoms with van der Waals surface area (Å²) in [6.45, 7) is 3.67. The second-order valence-electron chi connectivity index (χ2n) is 5.25. The Labute approximate surface area is 141 Å². The summed E-state index contributed by atoms with van der Waals surface area (Å²) in [4.78, 5) is 23.6. The number of allylic oxidation sites excluding steroid dienone is 1. The summed E-state index contributed by atoms with van der Waals surface area (Å²) >= 11 is 0. The van der Waals surface area contributed by atoms with Crippen molar-refractivity contribution in [2.75, 3.05) is 13.2 Å². The molecule has 1 aromatic rings. The van der Waals surface area contributed by atoms with Crippen molar-refractivity contribution in [1.29, 1.82) is 5.26 Å². The molecule has 0 bridgehead atoms. The molecule has 24 heavy (non-hydrogen) atoms. The maximum Gasteiger partial charge on any atom is 0.338 e. The maximum absolute atomic E-state index is 11.9. The zero-order chi connectivity index (χ0) is 17.9. The van der Waals surface area contributed by atoms with Gasteiger partial charge in [0.05, 0.1) is 12.2 Å². The minimum atomic E-state index is -0.646. The molecule has 0 aliphatic carbocycles. The van der Waals surface area contributed by atoms with Crippen molar-refractivity contribution in [1.82, 2.24) is 0 Å². The molecule has 0 spiro atoms. The number of hydrogen-bond acceptors (Lipinski definition) is 6. The molecule has 0 saturated carbocycles. The molecule has 0 heterocycles. The number of rotatable bonds is 9. The Morgan fingerprint density at radius 2 is 1.88 bits per heavy atom. The largest absolute Gasteiger partial charge is 0.494 e. The molecule has 0 aliphatic rings. The number of carbonyl (C=O) groups is 2. The lowest BCUT2D eigenvalue weighted by atomic mass is 10.1. The van der Waals surface area contributed by atoms with Crippen LogP contribution in [-0.4, -0.2) is 25.0 Å². The van der Waals surface area contributed by atoms with E-state index in [2.05, 4.69) is 6.92 Å². The van der Waals surface area contributed by atoms with Crippen molar-refractivity contribution in [3.05, 3.63) is 41.1 Å². The summed E-state index contributed by atoms with van der Waals surface area (Å²) in [6, 6.07) is 8.18. The molecule has 128 valence electrons. The van der Waals surface area contributed by atoms with Gasteiger partial charge < -0.3 is 15.2 Å². The highest BCUT2D eigenvalue weighted by atomic mass is 16.5. The van der Waals surface area contributed by atoms with E-state index in [1.54, 1.807) is 30.3 Å². The van der Waals surface area contributed by atoms with Crippen LogP contribution in [0.4, 0.5) is 0 Å². The average molecular weight is 330 g/mol. The fourth-order valence-corrected chi connectivity index (χ4v) is 1.89. The van der Waals surface area contributed by atoms with Gasteiger partial charge in [0.25, 0.3) is 0 Å². The summed E-state index contributed by atoms with van der Waals surface area (Å²) in [5.41, 5.74) is 5.63. The average Bonchev–Trinajstić information content (AvgIpc) is 2.57. The lowest BCUT2D eigenvalue weighted by molar-refractivity contribution is -0.118. The zero-order valence-corrected chi connectivity index (χ0v) is 14.0. The zero-order valence-electron chi connectivity index (χ0n) is 14.0. The molecule has 0 amide bonds. The first-order valence-corrected chi connectivity index (χ1v) is 7.79. The van der Waals surface area contributed by atoms with Crippen LogP contribution in [0.2, 0.25) is 0 Å². The molecular formula is C18H22N2O4. The van der Waals surface area contributed by atoms with Crippen LogP contribution in [0.3, 0.4) is 0 Å². The number of nitrogens with zero attached hydrogens (tertiary/aromatic N) is 1. The molecule has 2 N–H and O–H groups in total. The van der Waals surface area contributed by atoms with Gasteiger partial charge >= 0.3 is 5.97 Å². The predicted octanol–water partition coefficient (Wildman–Crippen LogP) is 2.74. The van der Waals surface area contributed by atoms with Crippen molar-refractivity contribution in [3.63, 3.8) is 0 Å². The van der Waals surface area contributed by atoms with E-state index < -0.39 is 18.4 Å². The number of ketones is 1. The quantitative estimate of drug-likeness (QED) is 0.323. The van der Waals surface area contributed by atoms with E-state index in [1.165, 1.54) is 6.92 Å². The fraction of sp³-hybridized carbons (Fsp3) is 0.389. The van der Waals surface area contributed by atoms with Crippen LogP contribution >= 0.6 is 0 Å². The Kier molecular flexibility index (Phi) is 8.06. The smallest absolute Gasteiger partial charge is 0.338 e. The van der Waals surface area contributed by atoms with Crippen molar-refractivity contribution >= 4 is 11.8 Å². The number of ether oxygens (including phenoxy) is 2. The Morgan fingerprint density at radius 1 is 1.21 bits per heavy atom. The fourth-order valence-electron chi connectivity index (χ4n) is 1.89. The molecular weight excluding hydrogens is 308 g/mol. The number of esters is 1. The van der Waals surface area contributed by atoms with Gasteiger partial charge in [-0.2, -0.15) is 5.26 Å².